The van der Waals surface area contributed by atoms with Gasteiger partial charge in [-0.25, -0.2) is 0 Å². The Morgan fingerprint density at radius 2 is 2.06 bits per heavy atom. The topological polar surface area (TPSA) is 67.5 Å². The van der Waals surface area contributed by atoms with Crippen LogP contribution in [0.5, 0.6) is 0 Å². The van der Waals surface area contributed by atoms with Crippen molar-refractivity contribution in [2.45, 2.75) is 12.7 Å². The number of nitrogen functional groups attached to an aromatic ring is 1. The summed E-state index contributed by atoms with van der Waals surface area (Å²) in [5.74, 6) is -1.28. The molecule has 4 nitrogen and oxygen atoms in total. The Hall–Kier alpha value is -1.94. The summed E-state index contributed by atoms with van der Waals surface area (Å²) in [6, 6.07) is 7.32. The summed E-state index contributed by atoms with van der Waals surface area (Å²) in [4.78, 5) is 0. The fraction of sp³-hybridized carbons (Fsp3) is 0.231. The molecule has 1 aromatic rings. The van der Waals surface area contributed by atoms with E-state index < -0.39 is 5.79 Å². The molecule has 0 spiro atoms. The normalized spacial score (nSPS) is 22.8. The molecule has 1 aliphatic heterocycles. The summed E-state index contributed by atoms with van der Waals surface area (Å²) >= 11 is 0. The predicted octanol–water partition coefficient (Wildman–Crippen LogP) is 1.86. The molecule has 17 heavy (non-hydrogen) atoms. The van der Waals surface area contributed by atoms with E-state index >= 15 is 0 Å². The number of benzene rings is 1. The summed E-state index contributed by atoms with van der Waals surface area (Å²) in [6.45, 7) is 2.11. The third-order valence-electron chi connectivity index (χ3n) is 2.75. The summed E-state index contributed by atoms with van der Waals surface area (Å²) in [5, 5.41) is 13.3. The second-order valence-electron chi connectivity index (χ2n) is 4.06. The minimum absolute atomic E-state index is 0.281. The number of rotatable bonds is 3. The lowest BCUT2D eigenvalue weighted by molar-refractivity contribution is -0.125. The average molecular weight is 232 g/mol. The fourth-order valence-electron chi connectivity index (χ4n) is 1.56. The van der Waals surface area contributed by atoms with Crippen molar-refractivity contribution in [3.05, 3.63) is 48.3 Å². The maximum atomic E-state index is 10.2. The van der Waals surface area contributed by atoms with Crippen LogP contribution in [0.3, 0.4) is 0 Å². The highest BCUT2D eigenvalue weighted by molar-refractivity contribution is 5.51. The lowest BCUT2D eigenvalue weighted by atomic mass is 10.1. The van der Waals surface area contributed by atoms with Crippen LogP contribution in [0.25, 0.3) is 0 Å². The number of hydrogen-bond acceptors (Lipinski definition) is 4. The van der Waals surface area contributed by atoms with Gasteiger partial charge in [-0.1, -0.05) is 6.08 Å². The Morgan fingerprint density at radius 3 is 2.71 bits per heavy atom. The van der Waals surface area contributed by atoms with Gasteiger partial charge in [-0.3, -0.25) is 0 Å². The molecule has 90 valence electrons. The van der Waals surface area contributed by atoms with E-state index in [-0.39, 0.29) is 6.54 Å². The molecule has 1 aromatic carbocycles. The molecule has 0 radical (unpaired) electrons. The van der Waals surface area contributed by atoms with Gasteiger partial charge < -0.3 is 20.9 Å². The highest BCUT2D eigenvalue weighted by Crippen LogP contribution is 2.23. The van der Waals surface area contributed by atoms with Crippen LogP contribution in [0.15, 0.2) is 48.3 Å². The van der Waals surface area contributed by atoms with Crippen LogP contribution in [0.4, 0.5) is 11.4 Å². The second kappa shape index (κ2) is 4.51. The first-order valence-electron chi connectivity index (χ1n) is 5.44. The molecule has 1 atom stereocenters. The van der Waals surface area contributed by atoms with Crippen molar-refractivity contribution in [3.8, 4) is 0 Å². The largest absolute Gasteiger partial charge is 0.464 e. The molecule has 4 heteroatoms. The van der Waals surface area contributed by atoms with Crippen molar-refractivity contribution in [2.75, 3.05) is 17.6 Å². The molecule has 2 rings (SSSR count). The van der Waals surface area contributed by atoms with Crippen molar-refractivity contribution in [3.63, 3.8) is 0 Å². The lowest BCUT2D eigenvalue weighted by Gasteiger charge is -2.30. The van der Waals surface area contributed by atoms with Gasteiger partial charge in [0.1, 0.15) is 0 Å². The van der Waals surface area contributed by atoms with Crippen LogP contribution in [-0.2, 0) is 4.74 Å². The smallest absolute Gasteiger partial charge is 0.247 e. The van der Waals surface area contributed by atoms with Crippen LogP contribution in [0, 0.1) is 0 Å². The lowest BCUT2D eigenvalue weighted by Crippen LogP contribution is -2.40. The van der Waals surface area contributed by atoms with Gasteiger partial charge in [0.2, 0.25) is 5.79 Å². The van der Waals surface area contributed by atoms with E-state index in [1.807, 2.05) is 25.1 Å². The standard InChI is InChI=1S/C13H16N2O2/c1-10-3-2-8-17-13(10,16)9-15-12-6-4-11(14)5-7-12/h2-8,15-16H,9,14H2,1H3. The molecule has 0 amide bonds. The maximum Gasteiger partial charge on any atom is 0.247 e. The van der Waals surface area contributed by atoms with Gasteiger partial charge in [0.15, 0.2) is 0 Å². The molecule has 0 aliphatic carbocycles. The van der Waals surface area contributed by atoms with Gasteiger partial charge in [-0.2, -0.15) is 0 Å². The van der Waals surface area contributed by atoms with Crippen molar-refractivity contribution in [1.82, 2.24) is 0 Å². The van der Waals surface area contributed by atoms with E-state index in [9.17, 15) is 5.11 Å². The number of anilines is 2. The zero-order valence-corrected chi connectivity index (χ0v) is 9.68. The van der Waals surface area contributed by atoms with E-state index in [0.29, 0.717) is 5.69 Å². The molecule has 0 saturated carbocycles. The van der Waals surface area contributed by atoms with Crippen molar-refractivity contribution < 1.29 is 9.84 Å². The molecular weight excluding hydrogens is 216 g/mol. The first kappa shape index (κ1) is 11.5. The zero-order chi connectivity index (χ0) is 12.3. The molecule has 0 fully saturated rings. The number of hydrogen-bond donors (Lipinski definition) is 3. The van der Waals surface area contributed by atoms with Crippen LogP contribution in [0.2, 0.25) is 0 Å². The monoisotopic (exact) mass is 232 g/mol. The van der Waals surface area contributed by atoms with Crippen molar-refractivity contribution >= 4 is 11.4 Å². The van der Waals surface area contributed by atoms with Crippen molar-refractivity contribution in [2.24, 2.45) is 0 Å². The first-order valence-corrected chi connectivity index (χ1v) is 5.44. The Labute approximate surface area is 100 Å². The molecule has 0 saturated heterocycles. The summed E-state index contributed by atoms with van der Waals surface area (Å²) in [6.07, 6.45) is 5.07. The summed E-state index contributed by atoms with van der Waals surface area (Å²) in [5.41, 5.74) is 7.96. The Balaban J connectivity index is 2.00. The summed E-state index contributed by atoms with van der Waals surface area (Å²) < 4.78 is 5.24. The molecule has 1 aliphatic rings. The molecule has 0 aromatic heterocycles. The fourth-order valence-corrected chi connectivity index (χ4v) is 1.56. The van der Waals surface area contributed by atoms with E-state index in [2.05, 4.69) is 5.32 Å². The van der Waals surface area contributed by atoms with Crippen molar-refractivity contribution in [1.29, 1.82) is 0 Å². The Morgan fingerprint density at radius 1 is 1.35 bits per heavy atom. The van der Waals surface area contributed by atoms with Gasteiger partial charge in [-0.05, 0) is 42.8 Å². The average Bonchev–Trinajstić information content (AvgIpc) is 2.33. The highest BCUT2D eigenvalue weighted by Gasteiger charge is 2.31. The highest BCUT2D eigenvalue weighted by atomic mass is 16.6. The van der Waals surface area contributed by atoms with E-state index in [4.69, 9.17) is 10.5 Å². The van der Waals surface area contributed by atoms with Gasteiger partial charge >= 0.3 is 0 Å². The first-order chi connectivity index (χ1) is 8.10. The van der Waals surface area contributed by atoms with Gasteiger partial charge in [0, 0.05) is 11.4 Å². The molecule has 4 N–H and O–H groups in total. The quantitative estimate of drug-likeness (QED) is 0.696. The van der Waals surface area contributed by atoms with E-state index in [0.717, 1.165) is 11.3 Å². The van der Waals surface area contributed by atoms with Crippen LogP contribution < -0.4 is 11.1 Å². The number of allylic oxidation sites excluding steroid dienone is 2. The molecular formula is C13H16N2O2. The third-order valence-corrected chi connectivity index (χ3v) is 2.75. The molecule has 0 bridgehead atoms. The minimum Gasteiger partial charge on any atom is -0.464 e. The predicted molar refractivity (Wildman–Crippen MR) is 68.3 cm³/mol. The number of ether oxygens (including phenoxy) is 1. The molecule has 1 unspecified atom stereocenters. The number of aliphatic hydroxyl groups is 1. The molecule has 1 heterocycles. The Kier molecular flexibility index (Phi) is 3.06. The van der Waals surface area contributed by atoms with Gasteiger partial charge in [0.05, 0.1) is 12.8 Å². The summed E-state index contributed by atoms with van der Waals surface area (Å²) in [7, 11) is 0. The van der Waals surface area contributed by atoms with Gasteiger partial charge in [0.25, 0.3) is 0 Å². The zero-order valence-electron chi connectivity index (χ0n) is 9.68. The van der Waals surface area contributed by atoms with Crippen LogP contribution >= 0.6 is 0 Å². The second-order valence-corrected chi connectivity index (χ2v) is 4.06. The number of nitrogens with one attached hydrogen (secondary N) is 1. The van der Waals surface area contributed by atoms with E-state index in [1.165, 1.54) is 6.26 Å². The van der Waals surface area contributed by atoms with Crippen LogP contribution in [-0.4, -0.2) is 17.4 Å². The Bertz CT molecular complexity index is 451. The maximum absolute atomic E-state index is 10.2. The SMILES string of the molecule is CC1=CC=COC1(O)CNc1ccc(N)cc1. The van der Waals surface area contributed by atoms with E-state index in [1.54, 1.807) is 18.2 Å². The van der Waals surface area contributed by atoms with Crippen LogP contribution in [0.1, 0.15) is 6.92 Å². The third kappa shape index (κ3) is 2.60. The number of nitrogens with two attached hydrogens (primary N) is 1. The minimum atomic E-state index is -1.28. The van der Waals surface area contributed by atoms with Gasteiger partial charge in [-0.15, -0.1) is 0 Å².